The van der Waals surface area contributed by atoms with Gasteiger partial charge in [-0.1, -0.05) is 0 Å². The molecule has 2 heterocycles. The summed E-state index contributed by atoms with van der Waals surface area (Å²) in [6, 6.07) is 0. The predicted molar refractivity (Wildman–Crippen MR) is 99.7 cm³/mol. The van der Waals surface area contributed by atoms with Gasteiger partial charge < -0.3 is 10.6 Å². The average molecular weight is 398 g/mol. The van der Waals surface area contributed by atoms with Crippen molar-refractivity contribution in [3.8, 4) is 0 Å². The molecule has 1 aromatic rings. The van der Waals surface area contributed by atoms with Crippen LogP contribution in [0.1, 0.15) is 46.5 Å². The van der Waals surface area contributed by atoms with Crippen LogP contribution in [0.2, 0.25) is 0 Å². The van der Waals surface area contributed by atoms with Crippen molar-refractivity contribution in [3.05, 3.63) is 16.0 Å². The Hall–Kier alpha value is -1.45. The number of amides is 2. The maximum absolute atomic E-state index is 12.8. The molecule has 0 radical (unpaired) electrons. The summed E-state index contributed by atoms with van der Waals surface area (Å²) < 4.78 is 25.3. The molecule has 142 valence electrons. The van der Waals surface area contributed by atoms with Crippen LogP contribution in [0, 0.1) is 11.8 Å². The SMILES string of the molecule is CS(=O)(=O)N1CCc2sc(NC(=O)C3CC3)c(C(=O)NCC3CC3)c2C1. The van der Waals surface area contributed by atoms with Gasteiger partial charge in [-0.05, 0) is 43.6 Å². The van der Waals surface area contributed by atoms with E-state index < -0.39 is 10.0 Å². The molecular weight excluding hydrogens is 374 g/mol. The van der Waals surface area contributed by atoms with Crippen molar-refractivity contribution in [2.24, 2.45) is 11.8 Å². The maximum Gasteiger partial charge on any atom is 0.254 e. The minimum Gasteiger partial charge on any atom is -0.352 e. The van der Waals surface area contributed by atoms with Crippen LogP contribution in [-0.4, -0.2) is 43.9 Å². The van der Waals surface area contributed by atoms with E-state index in [9.17, 15) is 18.0 Å². The highest BCUT2D eigenvalue weighted by Crippen LogP contribution is 2.39. The Balaban J connectivity index is 1.63. The standard InChI is InChI=1S/C17H23N3O4S2/c1-26(23,24)20-7-6-13-12(9-20)14(16(22)18-8-10-2-3-10)17(25-13)19-15(21)11-4-5-11/h10-11H,2-9H2,1H3,(H,18,22)(H,19,21). The first-order valence-corrected chi connectivity index (χ1v) is 11.7. The van der Waals surface area contributed by atoms with Crippen molar-refractivity contribution >= 4 is 38.2 Å². The van der Waals surface area contributed by atoms with Crippen LogP contribution in [-0.2, 0) is 27.8 Å². The lowest BCUT2D eigenvalue weighted by Gasteiger charge is -2.25. The second-order valence-corrected chi connectivity index (χ2v) is 10.6. The lowest BCUT2D eigenvalue weighted by Crippen LogP contribution is -2.36. The smallest absolute Gasteiger partial charge is 0.254 e. The molecule has 0 aromatic carbocycles. The zero-order chi connectivity index (χ0) is 18.5. The molecule has 2 amide bonds. The summed E-state index contributed by atoms with van der Waals surface area (Å²) in [5.41, 5.74) is 1.19. The number of carbonyl (C=O) groups is 2. The monoisotopic (exact) mass is 397 g/mol. The molecule has 0 unspecified atom stereocenters. The summed E-state index contributed by atoms with van der Waals surface area (Å²) in [7, 11) is -3.33. The van der Waals surface area contributed by atoms with Gasteiger partial charge >= 0.3 is 0 Å². The Morgan fingerprint density at radius 3 is 2.58 bits per heavy atom. The maximum atomic E-state index is 12.8. The van der Waals surface area contributed by atoms with Gasteiger partial charge in [0.15, 0.2) is 0 Å². The van der Waals surface area contributed by atoms with E-state index in [2.05, 4.69) is 10.6 Å². The van der Waals surface area contributed by atoms with E-state index in [1.165, 1.54) is 21.9 Å². The normalized spacial score (nSPS) is 20.5. The van der Waals surface area contributed by atoms with E-state index in [-0.39, 0.29) is 24.3 Å². The fourth-order valence-corrected chi connectivity index (χ4v) is 5.17. The van der Waals surface area contributed by atoms with Gasteiger partial charge in [-0.3, -0.25) is 9.59 Å². The Morgan fingerprint density at radius 1 is 1.23 bits per heavy atom. The molecule has 2 N–H and O–H groups in total. The summed E-state index contributed by atoms with van der Waals surface area (Å²) in [4.78, 5) is 26.0. The highest BCUT2D eigenvalue weighted by molar-refractivity contribution is 7.88. The third-order valence-corrected chi connectivity index (χ3v) is 7.60. The van der Waals surface area contributed by atoms with E-state index in [4.69, 9.17) is 0 Å². The van der Waals surface area contributed by atoms with E-state index in [1.54, 1.807) is 0 Å². The number of nitrogens with one attached hydrogen (secondary N) is 2. The van der Waals surface area contributed by atoms with Crippen molar-refractivity contribution in [2.45, 2.75) is 38.6 Å². The lowest BCUT2D eigenvalue weighted by atomic mass is 10.0. The Labute approximate surface area is 157 Å². The third kappa shape index (κ3) is 3.79. The van der Waals surface area contributed by atoms with Crippen LogP contribution in [0.3, 0.4) is 0 Å². The van der Waals surface area contributed by atoms with Crippen LogP contribution >= 0.6 is 11.3 Å². The minimum atomic E-state index is -3.33. The molecule has 0 spiro atoms. The number of thiophene rings is 1. The van der Waals surface area contributed by atoms with Crippen LogP contribution in [0.15, 0.2) is 0 Å². The zero-order valence-electron chi connectivity index (χ0n) is 14.7. The van der Waals surface area contributed by atoms with Crippen molar-refractivity contribution in [1.82, 2.24) is 9.62 Å². The Morgan fingerprint density at radius 2 is 1.96 bits per heavy atom. The molecule has 9 heteroatoms. The first-order valence-electron chi connectivity index (χ1n) is 9.01. The number of sulfonamides is 1. The largest absolute Gasteiger partial charge is 0.352 e. The van der Waals surface area contributed by atoms with E-state index in [0.717, 1.165) is 36.1 Å². The highest BCUT2D eigenvalue weighted by Gasteiger charge is 2.35. The summed E-state index contributed by atoms with van der Waals surface area (Å²) >= 11 is 1.41. The number of carbonyl (C=O) groups excluding carboxylic acids is 2. The molecule has 0 atom stereocenters. The number of nitrogens with zero attached hydrogens (tertiary/aromatic N) is 1. The third-order valence-electron chi connectivity index (χ3n) is 5.14. The summed E-state index contributed by atoms with van der Waals surface area (Å²) in [6.45, 7) is 1.23. The quantitative estimate of drug-likeness (QED) is 0.761. The minimum absolute atomic E-state index is 0.0418. The lowest BCUT2D eigenvalue weighted by molar-refractivity contribution is -0.117. The van der Waals surface area contributed by atoms with Crippen molar-refractivity contribution in [3.63, 3.8) is 0 Å². The molecule has 0 saturated heterocycles. The Kier molecular flexibility index (Phi) is 4.56. The van der Waals surface area contributed by atoms with Crippen molar-refractivity contribution in [2.75, 3.05) is 24.7 Å². The number of hydrogen-bond donors (Lipinski definition) is 2. The molecule has 1 aliphatic heterocycles. The first-order chi connectivity index (χ1) is 12.3. The van der Waals surface area contributed by atoms with E-state index >= 15 is 0 Å². The molecule has 1 aromatic heterocycles. The van der Waals surface area contributed by atoms with Crippen LogP contribution in [0.4, 0.5) is 5.00 Å². The molecule has 3 aliphatic rings. The van der Waals surface area contributed by atoms with Gasteiger partial charge in [-0.25, -0.2) is 8.42 Å². The van der Waals surface area contributed by atoms with Crippen LogP contribution in [0.25, 0.3) is 0 Å². The Bertz CT molecular complexity index is 854. The number of hydrogen-bond acceptors (Lipinski definition) is 5. The molecule has 26 heavy (non-hydrogen) atoms. The average Bonchev–Trinajstić information content (AvgIpc) is 3.47. The van der Waals surface area contributed by atoms with Gasteiger partial charge in [-0.15, -0.1) is 11.3 Å². The predicted octanol–water partition coefficient (Wildman–Crippen LogP) is 1.55. The van der Waals surface area contributed by atoms with Gasteiger partial charge in [0.1, 0.15) is 5.00 Å². The topological polar surface area (TPSA) is 95.6 Å². The first kappa shape index (κ1) is 17.9. The molecule has 2 aliphatic carbocycles. The molecule has 7 nitrogen and oxygen atoms in total. The summed E-state index contributed by atoms with van der Waals surface area (Å²) in [6.07, 6.45) is 5.80. The van der Waals surface area contributed by atoms with Gasteiger partial charge in [0.25, 0.3) is 5.91 Å². The zero-order valence-corrected chi connectivity index (χ0v) is 16.3. The highest BCUT2D eigenvalue weighted by atomic mass is 32.2. The van der Waals surface area contributed by atoms with E-state index in [1.807, 2.05) is 0 Å². The van der Waals surface area contributed by atoms with Gasteiger partial charge in [0.05, 0.1) is 11.8 Å². The summed E-state index contributed by atoms with van der Waals surface area (Å²) in [5.74, 6) is 0.338. The van der Waals surface area contributed by atoms with Crippen molar-refractivity contribution < 1.29 is 18.0 Å². The fourth-order valence-electron chi connectivity index (χ4n) is 3.18. The second kappa shape index (κ2) is 6.61. The number of rotatable bonds is 6. The molecule has 0 bridgehead atoms. The molecule has 2 fully saturated rings. The van der Waals surface area contributed by atoms with Gasteiger partial charge in [0.2, 0.25) is 15.9 Å². The number of fused-ring (bicyclic) bond motifs is 1. The van der Waals surface area contributed by atoms with Crippen LogP contribution < -0.4 is 10.6 Å². The van der Waals surface area contributed by atoms with Crippen molar-refractivity contribution in [1.29, 1.82) is 0 Å². The van der Waals surface area contributed by atoms with Gasteiger partial charge in [0, 0.05) is 30.4 Å². The molecule has 4 rings (SSSR count). The fraction of sp³-hybridized carbons (Fsp3) is 0.647. The molecule has 2 saturated carbocycles. The van der Waals surface area contributed by atoms with E-state index in [0.29, 0.717) is 36.0 Å². The second-order valence-electron chi connectivity index (χ2n) is 7.47. The number of anilines is 1. The van der Waals surface area contributed by atoms with Gasteiger partial charge in [-0.2, -0.15) is 4.31 Å². The van der Waals surface area contributed by atoms with Crippen LogP contribution in [0.5, 0.6) is 0 Å². The molecular formula is C17H23N3O4S2. The summed E-state index contributed by atoms with van der Waals surface area (Å²) in [5, 5.41) is 6.44.